The standard InChI is InChI=1S/C21H20N4/c1-24-12-14-25(15-13-24)21-19-8-3-2-6-16(19)17(10-11-22)18-7-4-5-9-20(18)23-21/h2-10H,12-15H2,1H3/b17-10-. The van der Waals surface area contributed by atoms with Gasteiger partial charge in [0.15, 0.2) is 0 Å². The lowest BCUT2D eigenvalue weighted by atomic mass is 9.93. The van der Waals surface area contributed by atoms with Crippen LogP contribution in [0.3, 0.4) is 0 Å². The predicted molar refractivity (Wildman–Crippen MR) is 101 cm³/mol. The lowest BCUT2D eigenvalue weighted by Crippen LogP contribution is -2.47. The van der Waals surface area contributed by atoms with Crippen LogP contribution in [0.25, 0.3) is 5.57 Å². The minimum absolute atomic E-state index is 0.925. The van der Waals surface area contributed by atoms with Gasteiger partial charge < -0.3 is 9.80 Å². The maximum absolute atomic E-state index is 9.33. The minimum Gasteiger partial charge on any atom is -0.354 e. The quantitative estimate of drug-likeness (QED) is 0.697. The Morgan fingerprint density at radius 3 is 2.28 bits per heavy atom. The van der Waals surface area contributed by atoms with Gasteiger partial charge in [-0.15, -0.1) is 0 Å². The zero-order valence-electron chi connectivity index (χ0n) is 14.3. The van der Waals surface area contributed by atoms with Gasteiger partial charge in [-0.2, -0.15) is 5.26 Å². The van der Waals surface area contributed by atoms with E-state index in [4.69, 9.17) is 4.99 Å². The fraction of sp³-hybridized carbons (Fsp3) is 0.238. The van der Waals surface area contributed by atoms with Crippen molar-refractivity contribution in [3.8, 4) is 6.07 Å². The summed E-state index contributed by atoms with van der Waals surface area (Å²) in [6.45, 7) is 3.99. The third kappa shape index (κ3) is 2.84. The number of piperazine rings is 1. The molecule has 0 saturated carbocycles. The number of nitriles is 1. The Kier molecular flexibility index (Phi) is 4.09. The summed E-state index contributed by atoms with van der Waals surface area (Å²) in [5.74, 6) is 1.01. The largest absolute Gasteiger partial charge is 0.354 e. The van der Waals surface area contributed by atoms with E-state index in [2.05, 4.69) is 35.0 Å². The zero-order valence-corrected chi connectivity index (χ0v) is 14.3. The monoisotopic (exact) mass is 328 g/mol. The molecule has 2 aromatic carbocycles. The van der Waals surface area contributed by atoms with Crippen LogP contribution in [0.5, 0.6) is 0 Å². The van der Waals surface area contributed by atoms with Gasteiger partial charge in [0.1, 0.15) is 5.84 Å². The van der Waals surface area contributed by atoms with Gasteiger partial charge in [-0.3, -0.25) is 0 Å². The average molecular weight is 328 g/mol. The Bertz CT molecular complexity index is 896. The average Bonchev–Trinajstić information content (AvgIpc) is 2.79. The molecule has 0 spiro atoms. The predicted octanol–water partition coefficient (Wildman–Crippen LogP) is 3.28. The van der Waals surface area contributed by atoms with Gasteiger partial charge in [0.2, 0.25) is 0 Å². The molecular weight excluding hydrogens is 308 g/mol. The summed E-state index contributed by atoms with van der Waals surface area (Å²) in [6, 6.07) is 18.6. The van der Waals surface area contributed by atoms with E-state index in [1.165, 1.54) is 0 Å². The fourth-order valence-corrected chi connectivity index (χ4v) is 3.51. The number of benzene rings is 2. The Morgan fingerprint density at radius 2 is 1.56 bits per heavy atom. The summed E-state index contributed by atoms with van der Waals surface area (Å²) >= 11 is 0. The summed E-state index contributed by atoms with van der Waals surface area (Å²) in [7, 11) is 2.16. The number of para-hydroxylation sites is 1. The molecule has 124 valence electrons. The smallest absolute Gasteiger partial charge is 0.137 e. The number of allylic oxidation sites excluding steroid dienone is 1. The Hall–Kier alpha value is -2.90. The molecule has 0 atom stereocenters. The van der Waals surface area contributed by atoms with E-state index in [9.17, 15) is 5.26 Å². The van der Waals surface area contributed by atoms with E-state index in [-0.39, 0.29) is 0 Å². The van der Waals surface area contributed by atoms with Crippen LogP contribution in [0.4, 0.5) is 5.69 Å². The summed E-state index contributed by atoms with van der Waals surface area (Å²) in [5.41, 5.74) is 5.06. The first-order valence-electron chi connectivity index (χ1n) is 8.59. The highest BCUT2D eigenvalue weighted by atomic mass is 15.3. The molecule has 2 aliphatic heterocycles. The minimum atomic E-state index is 0.925. The van der Waals surface area contributed by atoms with Crippen molar-refractivity contribution < 1.29 is 0 Å². The third-order valence-electron chi connectivity index (χ3n) is 4.89. The molecule has 0 aromatic heterocycles. The van der Waals surface area contributed by atoms with Crippen molar-refractivity contribution in [3.05, 3.63) is 71.3 Å². The third-order valence-corrected chi connectivity index (χ3v) is 4.89. The number of aliphatic imine (C=N–C) groups is 1. The SMILES string of the molecule is CN1CCN(C2=Nc3ccccc3/C(=C\C#N)c3ccccc32)CC1. The van der Waals surface area contributed by atoms with Gasteiger partial charge in [0, 0.05) is 49.0 Å². The van der Waals surface area contributed by atoms with Crippen LogP contribution in [-0.4, -0.2) is 48.9 Å². The van der Waals surface area contributed by atoms with Crippen LogP contribution in [0.15, 0.2) is 59.6 Å². The van der Waals surface area contributed by atoms with Crippen LogP contribution in [0.2, 0.25) is 0 Å². The van der Waals surface area contributed by atoms with E-state index < -0.39 is 0 Å². The second-order valence-electron chi connectivity index (χ2n) is 6.48. The summed E-state index contributed by atoms with van der Waals surface area (Å²) in [4.78, 5) is 9.74. The fourth-order valence-electron chi connectivity index (χ4n) is 3.51. The van der Waals surface area contributed by atoms with Crippen LogP contribution >= 0.6 is 0 Å². The molecule has 1 saturated heterocycles. The first-order valence-corrected chi connectivity index (χ1v) is 8.59. The molecule has 2 aromatic rings. The van der Waals surface area contributed by atoms with Crippen molar-refractivity contribution in [1.82, 2.24) is 9.80 Å². The highest BCUT2D eigenvalue weighted by Gasteiger charge is 2.25. The van der Waals surface area contributed by atoms with Crippen molar-refractivity contribution in [2.75, 3.05) is 33.2 Å². The molecule has 4 nitrogen and oxygen atoms in total. The molecule has 0 bridgehead atoms. The molecule has 2 heterocycles. The van der Waals surface area contributed by atoms with Gasteiger partial charge in [0.05, 0.1) is 11.8 Å². The van der Waals surface area contributed by atoms with E-state index in [1.807, 2.05) is 36.4 Å². The molecule has 0 radical (unpaired) electrons. The topological polar surface area (TPSA) is 42.6 Å². The number of likely N-dealkylation sites (N-methyl/N-ethyl adjacent to an activating group) is 1. The highest BCUT2D eigenvalue weighted by Crippen LogP contribution is 2.37. The highest BCUT2D eigenvalue weighted by molar-refractivity contribution is 6.08. The number of hydrogen-bond donors (Lipinski definition) is 0. The van der Waals surface area contributed by atoms with Gasteiger partial charge in [-0.1, -0.05) is 42.5 Å². The van der Waals surface area contributed by atoms with Gasteiger partial charge in [0.25, 0.3) is 0 Å². The van der Waals surface area contributed by atoms with Gasteiger partial charge in [-0.25, -0.2) is 4.99 Å². The Labute approximate surface area is 148 Å². The number of nitrogens with zero attached hydrogens (tertiary/aromatic N) is 4. The normalized spacial score (nSPS) is 18.8. The van der Waals surface area contributed by atoms with Crippen LogP contribution in [-0.2, 0) is 0 Å². The van der Waals surface area contributed by atoms with Crippen molar-refractivity contribution in [1.29, 1.82) is 5.26 Å². The number of hydrogen-bond acceptors (Lipinski definition) is 4. The molecule has 2 aliphatic rings. The lowest BCUT2D eigenvalue weighted by molar-refractivity contribution is 0.216. The second kappa shape index (κ2) is 6.54. The summed E-state index contributed by atoms with van der Waals surface area (Å²) in [6.07, 6.45) is 1.64. The first-order chi connectivity index (χ1) is 12.3. The molecule has 0 amide bonds. The maximum atomic E-state index is 9.33. The Morgan fingerprint density at radius 1 is 0.920 bits per heavy atom. The molecule has 25 heavy (non-hydrogen) atoms. The molecule has 1 fully saturated rings. The number of amidine groups is 1. The lowest BCUT2D eigenvalue weighted by Gasteiger charge is -2.35. The summed E-state index contributed by atoms with van der Waals surface area (Å²) < 4.78 is 0. The molecular formula is C21H20N4. The van der Waals surface area contributed by atoms with Crippen LogP contribution in [0, 0.1) is 11.3 Å². The van der Waals surface area contributed by atoms with Crippen molar-refractivity contribution >= 4 is 17.1 Å². The van der Waals surface area contributed by atoms with E-state index in [1.54, 1.807) is 6.08 Å². The second-order valence-corrected chi connectivity index (χ2v) is 6.48. The van der Waals surface area contributed by atoms with Crippen molar-refractivity contribution in [2.24, 2.45) is 4.99 Å². The van der Waals surface area contributed by atoms with Crippen LogP contribution in [0.1, 0.15) is 16.7 Å². The molecule has 0 aliphatic carbocycles. The molecule has 4 heteroatoms. The van der Waals surface area contributed by atoms with Gasteiger partial charge in [-0.05, 0) is 18.7 Å². The Balaban J connectivity index is 1.92. The zero-order chi connectivity index (χ0) is 17.2. The van der Waals surface area contributed by atoms with Crippen molar-refractivity contribution in [2.45, 2.75) is 0 Å². The molecule has 4 rings (SSSR count). The molecule has 0 unspecified atom stereocenters. The van der Waals surface area contributed by atoms with Crippen LogP contribution < -0.4 is 0 Å². The number of rotatable bonds is 0. The first kappa shape index (κ1) is 15.6. The van der Waals surface area contributed by atoms with E-state index in [0.29, 0.717) is 0 Å². The number of fused-ring (bicyclic) bond motifs is 2. The summed E-state index contributed by atoms with van der Waals surface area (Å²) in [5, 5.41) is 9.33. The van der Waals surface area contributed by atoms with Gasteiger partial charge >= 0.3 is 0 Å². The molecule has 0 N–H and O–H groups in total. The van der Waals surface area contributed by atoms with Crippen molar-refractivity contribution in [3.63, 3.8) is 0 Å². The van der Waals surface area contributed by atoms with E-state index >= 15 is 0 Å². The van der Waals surface area contributed by atoms with E-state index in [0.717, 1.165) is 60.0 Å². The maximum Gasteiger partial charge on any atom is 0.137 e.